The molecule has 0 aliphatic carbocycles. The molecule has 0 fully saturated rings. The summed E-state index contributed by atoms with van der Waals surface area (Å²) in [7, 11) is 1.81. The van der Waals surface area contributed by atoms with E-state index in [1.54, 1.807) is 6.26 Å². The fourth-order valence-electron chi connectivity index (χ4n) is 1.84. The van der Waals surface area contributed by atoms with Gasteiger partial charge in [0.1, 0.15) is 5.58 Å². The Labute approximate surface area is 94.4 Å². The van der Waals surface area contributed by atoms with E-state index in [2.05, 4.69) is 5.32 Å². The van der Waals surface area contributed by atoms with Crippen molar-refractivity contribution in [1.82, 2.24) is 5.32 Å². The number of carbonyl (C=O) groups excluding carboxylic acids is 1. The average molecular weight is 217 g/mol. The molecule has 0 saturated heterocycles. The molecule has 0 amide bonds. The van der Waals surface area contributed by atoms with Gasteiger partial charge in [-0.1, -0.05) is 6.92 Å². The molecule has 2 rings (SSSR count). The summed E-state index contributed by atoms with van der Waals surface area (Å²) in [5.41, 5.74) is 1.55. The van der Waals surface area contributed by atoms with Gasteiger partial charge in [0.25, 0.3) is 0 Å². The highest BCUT2D eigenvalue weighted by molar-refractivity contribution is 6.02. The molecule has 1 heterocycles. The van der Waals surface area contributed by atoms with Crippen LogP contribution < -0.4 is 5.32 Å². The normalized spacial score (nSPS) is 12.9. The molecule has 16 heavy (non-hydrogen) atoms. The molecule has 0 saturated carbocycles. The minimum absolute atomic E-state index is 0.107. The average Bonchev–Trinajstić information content (AvgIpc) is 2.77. The fourth-order valence-corrected chi connectivity index (χ4v) is 1.84. The minimum atomic E-state index is -0.107. The highest BCUT2D eigenvalue weighted by Crippen LogP contribution is 2.18. The maximum Gasteiger partial charge on any atom is 0.179 e. The topological polar surface area (TPSA) is 42.2 Å². The molecule has 0 aliphatic heterocycles. The lowest BCUT2D eigenvalue weighted by Crippen LogP contribution is -2.33. The lowest BCUT2D eigenvalue weighted by atomic mass is 10.0. The SMILES string of the molecule is CCC(NC)C(=O)c1ccc2occc2c1. The Morgan fingerprint density at radius 3 is 2.94 bits per heavy atom. The van der Waals surface area contributed by atoms with E-state index < -0.39 is 0 Å². The highest BCUT2D eigenvalue weighted by Gasteiger charge is 2.16. The van der Waals surface area contributed by atoms with Crippen LogP contribution in [0.4, 0.5) is 0 Å². The number of ketones is 1. The second kappa shape index (κ2) is 4.49. The number of rotatable bonds is 4. The predicted octanol–water partition coefficient (Wildman–Crippen LogP) is 2.61. The molecule has 84 valence electrons. The van der Waals surface area contributed by atoms with Crippen LogP contribution in [0.15, 0.2) is 34.9 Å². The van der Waals surface area contributed by atoms with Gasteiger partial charge in [0.2, 0.25) is 0 Å². The van der Waals surface area contributed by atoms with Gasteiger partial charge in [0.15, 0.2) is 5.78 Å². The maximum atomic E-state index is 12.1. The summed E-state index contributed by atoms with van der Waals surface area (Å²) in [4.78, 5) is 12.1. The molecular formula is C13H15NO2. The van der Waals surface area contributed by atoms with E-state index in [1.165, 1.54) is 0 Å². The third-order valence-electron chi connectivity index (χ3n) is 2.81. The van der Waals surface area contributed by atoms with Crippen molar-refractivity contribution in [1.29, 1.82) is 0 Å². The minimum Gasteiger partial charge on any atom is -0.464 e. The van der Waals surface area contributed by atoms with Gasteiger partial charge in [-0.2, -0.15) is 0 Å². The van der Waals surface area contributed by atoms with Crippen LogP contribution in [0.3, 0.4) is 0 Å². The number of hydrogen-bond donors (Lipinski definition) is 1. The summed E-state index contributed by atoms with van der Waals surface area (Å²) < 4.78 is 5.24. The molecule has 2 aromatic rings. The van der Waals surface area contributed by atoms with Crippen LogP contribution in [0.1, 0.15) is 23.7 Å². The Bertz CT molecular complexity index is 497. The Balaban J connectivity index is 2.35. The second-order valence-electron chi connectivity index (χ2n) is 3.79. The van der Waals surface area contributed by atoms with Gasteiger partial charge in [-0.25, -0.2) is 0 Å². The van der Waals surface area contributed by atoms with Crippen molar-refractivity contribution in [3.8, 4) is 0 Å². The fraction of sp³-hybridized carbons (Fsp3) is 0.308. The van der Waals surface area contributed by atoms with Gasteiger partial charge >= 0.3 is 0 Å². The van der Waals surface area contributed by atoms with Gasteiger partial charge in [0, 0.05) is 10.9 Å². The Morgan fingerprint density at radius 1 is 1.44 bits per heavy atom. The molecule has 1 aromatic carbocycles. The van der Waals surface area contributed by atoms with E-state index in [-0.39, 0.29) is 11.8 Å². The third kappa shape index (κ3) is 1.86. The van der Waals surface area contributed by atoms with Crippen molar-refractivity contribution in [2.24, 2.45) is 0 Å². The van der Waals surface area contributed by atoms with E-state index >= 15 is 0 Å². The molecule has 1 N–H and O–H groups in total. The maximum absolute atomic E-state index is 12.1. The van der Waals surface area contributed by atoms with Gasteiger partial charge < -0.3 is 9.73 Å². The number of benzene rings is 1. The standard InChI is InChI=1S/C13H15NO2/c1-3-11(14-2)13(15)10-4-5-12-9(8-10)6-7-16-12/h4-8,11,14H,3H2,1-2H3. The van der Waals surface area contributed by atoms with Crippen LogP contribution in [0, 0.1) is 0 Å². The second-order valence-corrected chi connectivity index (χ2v) is 3.79. The van der Waals surface area contributed by atoms with Gasteiger partial charge in [0.05, 0.1) is 12.3 Å². The van der Waals surface area contributed by atoms with E-state index in [0.717, 1.165) is 23.0 Å². The Morgan fingerprint density at radius 2 is 2.25 bits per heavy atom. The number of fused-ring (bicyclic) bond motifs is 1. The van der Waals surface area contributed by atoms with Crippen LogP contribution in [0.5, 0.6) is 0 Å². The molecule has 1 aromatic heterocycles. The van der Waals surface area contributed by atoms with Crippen molar-refractivity contribution in [3.63, 3.8) is 0 Å². The summed E-state index contributed by atoms with van der Waals surface area (Å²) >= 11 is 0. The first-order valence-electron chi connectivity index (χ1n) is 5.45. The summed E-state index contributed by atoms with van der Waals surface area (Å²) in [6.45, 7) is 2.00. The summed E-state index contributed by atoms with van der Waals surface area (Å²) in [5.74, 6) is 0.133. The number of likely N-dealkylation sites (N-methyl/N-ethyl adjacent to an activating group) is 1. The zero-order valence-electron chi connectivity index (χ0n) is 9.49. The summed E-state index contributed by atoms with van der Waals surface area (Å²) in [5, 5.41) is 3.99. The highest BCUT2D eigenvalue weighted by atomic mass is 16.3. The zero-order chi connectivity index (χ0) is 11.5. The molecule has 1 atom stereocenters. The van der Waals surface area contributed by atoms with Crippen LogP contribution in [-0.2, 0) is 0 Å². The molecule has 3 nitrogen and oxygen atoms in total. The van der Waals surface area contributed by atoms with Crippen molar-refractivity contribution >= 4 is 16.8 Å². The number of furan rings is 1. The molecule has 0 bridgehead atoms. The first-order chi connectivity index (χ1) is 7.76. The molecule has 0 aliphatic rings. The largest absolute Gasteiger partial charge is 0.464 e. The monoisotopic (exact) mass is 217 g/mol. The zero-order valence-corrected chi connectivity index (χ0v) is 9.49. The van der Waals surface area contributed by atoms with Crippen molar-refractivity contribution < 1.29 is 9.21 Å². The van der Waals surface area contributed by atoms with Crippen molar-refractivity contribution in [3.05, 3.63) is 36.1 Å². The smallest absolute Gasteiger partial charge is 0.179 e. The number of nitrogens with one attached hydrogen (secondary N) is 1. The molecule has 0 spiro atoms. The van der Waals surface area contributed by atoms with Gasteiger partial charge in [-0.05, 0) is 37.7 Å². The van der Waals surface area contributed by atoms with Crippen LogP contribution in [0.2, 0.25) is 0 Å². The van der Waals surface area contributed by atoms with Crippen molar-refractivity contribution in [2.75, 3.05) is 7.05 Å². The quantitative estimate of drug-likeness (QED) is 0.800. The third-order valence-corrected chi connectivity index (χ3v) is 2.81. The first-order valence-corrected chi connectivity index (χ1v) is 5.45. The summed E-state index contributed by atoms with van der Waals surface area (Å²) in [6, 6.07) is 7.29. The van der Waals surface area contributed by atoms with Crippen LogP contribution in [-0.4, -0.2) is 18.9 Å². The van der Waals surface area contributed by atoms with E-state index in [4.69, 9.17) is 4.42 Å². The van der Waals surface area contributed by atoms with E-state index in [9.17, 15) is 4.79 Å². The number of carbonyl (C=O) groups is 1. The van der Waals surface area contributed by atoms with Gasteiger partial charge in [-0.3, -0.25) is 4.79 Å². The van der Waals surface area contributed by atoms with Crippen LogP contribution >= 0.6 is 0 Å². The number of hydrogen-bond acceptors (Lipinski definition) is 3. The van der Waals surface area contributed by atoms with Crippen molar-refractivity contribution in [2.45, 2.75) is 19.4 Å². The van der Waals surface area contributed by atoms with E-state index in [0.29, 0.717) is 0 Å². The van der Waals surface area contributed by atoms with Gasteiger partial charge in [-0.15, -0.1) is 0 Å². The predicted molar refractivity (Wildman–Crippen MR) is 63.7 cm³/mol. The van der Waals surface area contributed by atoms with E-state index in [1.807, 2.05) is 38.2 Å². The molecular weight excluding hydrogens is 202 g/mol. The number of Topliss-reactive ketones (excluding diaryl/α,β-unsaturated/α-hetero) is 1. The Kier molecular flexibility index (Phi) is 3.06. The first kappa shape index (κ1) is 10.9. The molecule has 3 heteroatoms. The lowest BCUT2D eigenvalue weighted by molar-refractivity contribution is 0.0945. The molecule has 1 unspecified atom stereocenters. The Hall–Kier alpha value is -1.61. The molecule has 0 radical (unpaired) electrons. The summed E-state index contributed by atoms with van der Waals surface area (Å²) in [6.07, 6.45) is 2.42. The lowest BCUT2D eigenvalue weighted by Gasteiger charge is -2.12. The van der Waals surface area contributed by atoms with Crippen LogP contribution in [0.25, 0.3) is 11.0 Å².